The van der Waals surface area contributed by atoms with Gasteiger partial charge in [-0.3, -0.25) is 4.79 Å². The number of fused-ring (bicyclic) bond motifs is 1. The van der Waals surface area contributed by atoms with Gasteiger partial charge in [0.05, 0.1) is 4.88 Å². The van der Waals surface area contributed by atoms with E-state index in [9.17, 15) is 4.79 Å². The quantitative estimate of drug-likeness (QED) is 0.704. The lowest BCUT2D eigenvalue weighted by molar-refractivity contribution is 0.0983. The molecule has 0 fully saturated rings. The van der Waals surface area contributed by atoms with Crippen molar-refractivity contribution in [2.45, 2.75) is 51.9 Å². The zero-order valence-corrected chi connectivity index (χ0v) is 10.2. The minimum atomic E-state index is 0.358. The molecule has 0 bridgehead atoms. The number of ketones is 1. The highest BCUT2D eigenvalue weighted by Crippen LogP contribution is 2.30. The van der Waals surface area contributed by atoms with Crippen LogP contribution in [0.25, 0.3) is 0 Å². The van der Waals surface area contributed by atoms with Gasteiger partial charge in [-0.25, -0.2) is 0 Å². The highest BCUT2D eigenvalue weighted by atomic mass is 32.1. The first-order valence-corrected chi connectivity index (χ1v) is 6.77. The van der Waals surface area contributed by atoms with Gasteiger partial charge in [0, 0.05) is 11.3 Å². The number of carbonyl (C=O) groups is 1. The van der Waals surface area contributed by atoms with Gasteiger partial charge in [-0.1, -0.05) is 13.3 Å². The Balaban J connectivity index is 2.08. The van der Waals surface area contributed by atoms with Gasteiger partial charge < -0.3 is 0 Å². The Hall–Kier alpha value is -0.630. The van der Waals surface area contributed by atoms with E-state index in [4.69, 9.17) is 0 Å². The summed E-state index contributed by atoms with van der Waals surface area (Å²) < 4.78 is 0. The van der Waals surface area contributed by atoms with Gasteiger partial charge in [-0.2, -0.15) is 0 Å². The SMILES string of the molecule is CCCCC(=O)c1cc2c(s1)CCCC2. The van der Waals surface area contributed by atoms with Crippen LogP contribution in [-0.4, -0.2) is 5.78 Å². The third-order valence-corrected chi connectivity index (χ3v) is 4.31. The van der Waals surface area contributed by atoms with Crippen molar-refractivity contribution in [1.82, 2.24) is 0 Å². The van der Waals surface area contributed by atoms with E-state index < -0.39 is 0 Å². The van der Waals surface area contributed by atoms with Crippen LogP contribution in [0.3, 0.4) is 0 Å². The fourth-order valence-electron chi connectivity index (χ4n) is 2.09. The summed E-state index contributed by atoms with van der Waals surface area (Å²) in [5, 5.41) is 0. The van der Waals surface area contributed by atoms with E-state index in [0.29, 0.717) is 5.78 Å². The molecule has 2 rings (SSSR count). The van der Waals surface area contributed by atoms with Crippen LogP contribution in [-0.2, 0) is 12.8 Å². The number of Topliss-reactive ketones (excluding diaryl/α,β-unsaturated/α-hetero) is 1. The maximum absolute atomic E-state index is 11.8. The van der Waals surface area contributed by atoms with E-state index in [2.05, 4.69) is 13.0 Å². The van der Waals surface area contributed by atoms with Gasteiger partial charge in [0.2, 0.25) is 0 Å². The molecule has 0 saturated carbocycles. The Morgan fingerprint density at radius 2 is 2.20 bits per heavy atom. The number of carbonyl (C=O) groups excluding carboxylic acids is 1. The molecule has 0 amide bonds. The molecule has 1 nitrogen and oxygen atoms in total. The van der Waals surface area contributed by atoms with Crippen molar-refractivity contribution in [2.75, 3.05) is 0 Å². The van der Waals surface area contributed by atoms with Crippen LogP contribution < -0.4 is 0 Å². The van der Waals surface area contributed by atoms with Crippen molar-refractivity contribution in [1.29, 1.82) is 0 Å². The first kappa shape index (κ1) is 10.9. The van der Waals surface area contributed by atoms with Crippen LogP contribution in [0.15, 0.2) is 6.07 Å². The summed E-state index contributed by atoms with van der Waals surface area (Å²) in [6.45, 7) is 2.13. The van der Waals surface area contributed by atoms with E-state index in [-0.39, 0.29) is 0 Å². The maximum Gasteiger partial charge on any atom is 0.172 e. The number of rotatable bonds is 4. The summed E-state index contributed by atoms with van der Waals surface area (Å²) in [7, 11) is 0. The Morgan fingerprint density at radius 1 is 1.40 bits per heavy atom. The molecule has 2 heteroatoms. The van der Waals surface area contributed by atoms with Crippen LogP contribution in [0, 0.1) is 0 Å². The van der Waals surface area contributed by atoms with E-state index in [0.717, 1.165) is 24.1 Å². The molecule has 1 aromatic heterocycles. The number of hydrogen-bond acceptors (Lipinski definition) is 2. The molecule has 15 heavy (non-hydrogen) atoms. The highest BCUT2D eigenvalue weighted by Gasteiger charge is 2.16. The molecule has 0 unspecified atom stereocenters. The van der Waals surface area contributed by atoms with Gasteiger partial charge in [0.1, 0.15) is 0 Å². The van der Waals surface area contributed by atoms with Crippen molar-refractivity contribution in [3.8, 4) is 0 Å². The molecule has 0 aliphatic heterocycles. The average Bonchev–Trinajstić information content (AvgIpc) is 2.69. The Labute approximate surface area is 95.5 Å². The maximum atomic E-state index is 11.8. The molecular formula is C13H18OS. The van der Waals surface area contributed by atoms with Crippen molar-refractivity contribution >= 4 is 17.1 Å². The molecule has 1 heterocycles. The largest absolute Gasteiger partial charge is 0.293 e. The van der Waals surface area contributed by atoms with Crippen molar-refractivity contribution in [3.05, 3.63) is 21.4 Å². The summed E-state index contributed by atoms with van der Waals surface area (Å²) in [4.78, 5) is 14.3. The second-order valence-electron chi connectivity index (χ2n) is 4.29. The molecule has 0 N–H and O–H groups in total. The predicted molar refractivity (Wildman–Crippen MR) is 64.8 cm³/mol. The summed E-state index contributed by atoms with van der Waals surface area (Å²) in [6.07, 6.45) is 7.85. The van der Waals surface area contributed by atoms with Gasteiger partial charge in [0.25, 0.3) is 0 Å². The molecule has 0 radical (unpaired) electrons. The van der Waals surface area contributed by atoms with Gasteiger partial charge in [-0.15, -0.1) is 11.3 Å². The van der Waals surface area contributed by atoms with Crippen LogP contribution in [0.4, 0.5) is 0 Å². The molecule has 0 saturated heterocycles. The molecule has 1 aliphatic carbocycles. The number of hydrogen-bond donors (Lipinski definition) is 0. The topological polar surface area (TPSA) is 17.1 Å². The third kappa shape index (κ3) is 2.49. The lowest BCUT2D eigenvalue weighted by Gasteiger charge is -2.08. The molecule has 0 aromatic carbocycles. The fourth-order valence-corrected chi connectivity index (χ4v) is 3.31. The predicted octanol–water partition coefficient (Wildman–Crippen LogP) is 4.00. The van der Waals surface area contributed by atoms with Crippen LogP contribution in [0.1, 0.15) is 59.1 Å². The summed E-state index contributed by atoms with van der Waals surface area (Å²) in [6, 6.07) is 2.15. The fraction of sp³-hybridized carbons (Fsp3) is 0.615. The lowest BCUT2D eigenvalue weighted by atomic mass is 9.99. The van der Waals surface area contributed by atoms with E-state index in [1.54, 1.807) is 11.3 Å². The number of thiophene rings is 1. The van der Waals surface area contributed by atoms with E-state index >= 15 is 0 Å². The minimum Gasteiger partial charge on any atom is -0.293 e. The van der Waals surface area contributed by atoms with E-state index in [1.165, 1.54) is 36.1 Å². The number of unbranched alkanes of at least 4 members (excludes halogenated alkanes) is 1. The minimum absolute atomic E-state index is 0.358. The smallest absolute Gasteiger partial charge is 0.172 e. The molecule has 1 aromatic rings. The Bertz CT molecular complexity index is 328. The van der Waals surface area contributed by atoms with Crippen LogP contribution >= 0.6 is 11.3 Å². The van der Waals surface area contributed by atoms with Crippen LogP contribution in [0.5, 0.6) is 0 Å². The summed E-state index contributed by atoms with van der Waals surface area (Å²) in [5.41, 5.74) is 1.45. The van der Waals surface area contributed by atoms with E-state index in [1.807, 2.05) is 0 Å². The summed E-state index contributed by atoms with van der Waals surface area (Å²) >= 11 is 1.74. The zero-order chi connectivity index (χ0) is 10.7. The molecule has 1 aliphatic rings. The highest BCUT2D eigenvalue weighted by molar-refractivity contribution is 7.14. The Kier molecular flexibility index (Phi) is 3.57. The first-order valence-electron chi connectivity index (χ1n) is 5.96. The Morgan fingerprint density at radius 3 is 2.93 bits per heavy atom. The zero-order valence-electron chi connectivity index (χ0n) is 9.34. The van der Waals surface area contributed by atoms with Gasteiger partial charge in [-0.05, 0) is 43.7 Å². The molecule has 82 valence electrons. The van der Waals surface area contributed by atoms with Crippen molar-refractivity contribution in [3.63, 3.8) is 0 Å². The lowest BCUT2D eigenvalue weighted by Crippen LogP contribution is -1.97. The second-order valence-corrected chi connectivity index (χ2v) is 5.43. The number of aryl methyl sites for hydroxylation is 2. The monoisotopic (exact) mass is 222 g/mol. The van der Waals surface area contributed by atoms with Gasteiger partial charge >= 0.3 is 0 Å². The standard InChI is InChI=1S/C13H18OS/c1-2-3-7-11(14)13-9-10-6-4-5-8-12(10)15-13/h9H,2-8H2,1H3. The molecule has 0 atom stereocenters. The first-order chi connectivity index (χ1) is 7.31. The van der Waals surface area contributed by atoms with Crippen molar-refractivity contribution < 1.29 is 4.79 Å². The van der Waals surface area contributed by atoms with Crippen LogP contribution in [0.2, 0.25) is 0 Å². The average molecular weight is 222 g/mol. The third-order valence-electron chi connectivity index (χ3n) is 3.03. The normalized spacial score (nSPS) is 15.0. The van der Waals surface area contributed by atoms with Crippen molar-refractivity contribution in [2.24, 2.45) is 0 Å². The second kappa shape index (κ2) is 4.93. The van der Waals surface area contributed by atoms with Gasteiger partial charge in [0.15, 0.2) is 5.78 Å². The molecular weight excluding hydrogens is 204 g/mol. The summed E-state index contributed by atoms with van der Waals surface area (Å²) in [5.74, 6) is 0.358. The molecule has 0 spiro atoms.